The van der Waals surface area contributed by atoms with Gasteiger partial charge in [-0.15, -0.1) is 10.2 Å². The van der Waals surface area contributed by atoms with Crippen molar-refractivity contribution in [3.63, 3.8) is 0 Å². The van der Waals surface area contributed by atoms with E-state index < -0.39 is 0 Å². The van der Waals surface area contributed by atoms with Crippen LogP contribution in [-0.4, -0.2) is 33.4 Å². The molecule has 0 amide bonds. The second-order valence-corrected chi connectivity index (χ2v) is 8.48. The first-order valence-electron chi connectivity index (χ1n) is 10.4. The van der Waals surface area contributed by atoms with Crippen LogP contribution in [0, 0.1) is 13.8 Å². The zero-order valence-electron chi connectivity index (χ0n) is 18.4. The Bertz CT molecular complexity index is 1200. The number of nitrogens with zero attached hydrogens (tertiary/aromatic N) is 3. The standard InChI is InChI=1S/C25H25N3O3S/c1-17-13-22(18(2)28(17)15-20-7-5-4-6-8-20)23(29)16-32-25-27-26-24(31-25)14-19-9-11-21(30-3)12-10-19/h4-13H,14-16H2,1-3H3. The molecule has 0 aliphatic carbocycles. The van der Waals surface area contributed by atoms with Crippen LogP contribution >= 0.6 is 11.8 Å². The number of aryl methyl sites for hydroxylation is 1. The number of methoxy groups -OCH3 is 1. The first kappa shape index (κ1) is 21.9. The molecular weight excluding hydrogens is 422 g/mol. The Morgan fingerprint density at radius 2 is 1.78 bits per heavy atom. The molecule has 0 fully saturated rings. The normalized spacial score (nSPS) is 11.0. The average Bonchev–Trinajstić information content (AvgIpc) is 3.38. The molecule has 0 aliphatic rings. The number of hydrogen-bond acceptors (Lipinski definition) is 6. The molecule has 0 radical (unpaired) electrons. The van der Waals surface area contributed by atoms with Crippen LogP contribution in [-0.2, 0) is 13.0 Å². The third kappa shape index (κ3) is 5.11. The molecule has 0 N–H and O–H groups in total. The topological polar surface area (TPSA) is 70.2 Å². The number of Topliss-reactive ketones (excluding diaryl/α,β-unsaturated/α-hetero) is 1. The van der Waals surface area contributed by atoms with Gasteiger partial charge < -0.3 is 13.7 Å². The van der Waals surface area contributed by atoms with Crippen LogP contribution in [0.3, 0.4) is 0 Å². The second-order valence-electron chi connectivity index (χ2n) is 7.55. The summed E-state index contributed by atoms with van der Waals surface area (Å²) in [6, 6.07) is 19.9. The summed E-state index contributed by atoms with van der Waals surface area (Å²) in [5.41, 5.74) is 5.04. The van der Waals surface area contributed by atoms with E-state index in [9.17, 15) is 4.79 Å². The monoisotopic (exact) mass is 447 g/mol. The highest BCUT2D eigenvalue weighted by Gasteiger charge is 2.18. The van der Waals surface area contributed by atoms with E-state index >= 15 is 0 Å². The summed E-state index contributed by atoms with van der Waals surface area (Å²) in [6.07, 6.45) is 0.534. The third-order valence-electron chi connectivity index (χ3n) is 5.35. The molecule has 32 heavy (non-hydrogen) atoms. The smallest absolute Gasteiger partial charge is 0.277 e. The molecule has 0 saturated heterocycles. The number of aromatic nitrogens is 3. The lowest BCUT2D eigenvalue weighted by molar-refractivity contribution is 0.102. The van der Waals surface area contributed by atoms with Gasteiger partial charge in [-0.3, -0.25) is 4.79 Å². The van der Waals surface area contributed by atoms with Crippen LogP contribution in [0.15, 0.2) is 70.3 Å². The molecule has 2 heterocycles. The third-order valence-corrected chi connectivity index (χ3v) is 6.17. The van der Waals surface area contributed by atoms with Gasteiger partial charge in [-0.1, -0.05) is 54.2 Å². The van der Waals surface area contributed by atoms with E-state index in [1.807, 2.05) is 62.4 Å². The van der Waals surface area contributed by atoms with Gasteiger partial charge in [0, 0.05) is 23.5 Å². The Labute approximate surface area is 191 Å². The van der Waals surface area contributed by atoms with E-state index in [1.165, 1.54) is 17.3 Å². The maximum absolute atomic E-state index is 12.9. The fraction of sp³-hybridized carbons (Fsp3) is 0.240. The Kier molecular flexibility index (Phi) is 6.75. The highest BCUT2D eigenvalue weighted by atomic mass is 32.2. The van der Waals surface area contributed by atoms with Gasteiger partial charge in [-0.2, -0.15) is 0 Å². The Morgan fingerprint density at radius 3 is 2.50 bits per heavy atom. The van der Waals surface area contributed by atoms with Crippen LogP contribution < -0.4 is 4.74 Å². The van der Waals surface area contributed by atoms with Gasteiger partial charge in [0.05, 0.1) is 19.3 Å². The summed E-state index contributed by atoms with van der Waals surface area (Å²) < 4.78 is 13.1. The summed E-state index contributed by atoms with van der Waals surface area (Å²) in [7, 11) is 1.64. The van der Waals surface area contributed by atoms with Crippen molar-refractivity contribution in [1.82, 2.24) is 14.8 Å². The number of ether oxygens (including phenoxy) is 1. The number of benzene rings is 2. The number of rotatable bonds is 9. The van der Waals surface area contributed by atoms with Crippen LogP contribution in [0.25, 0.3) is 0 Å². The number of ketones is 1. The van der Waals surface area contributed by atoms with Crippen LogP contribution in [0.1, 0.15) is 38.8 Å². The molecule has 0 atom stereocenters. The fourth-order valence-corrected chi connectivity index (χ4v) is 4.25. The predicted molar refractivity (Wildman–Crippen MR) is 125 cm³/mol. The molecule has 0 bridgehead atoms. The molecular formula is C25H25N3O3S. The molecule has 2 aromatic carbocycles. The minimum atomic E-state index is 0.0531. The van der Waals surface area contributed by atoms with Crippen LogP contribution in [0.4, 0.5) is 0 Å². The van der Waals surface area contributed by atoms with E-state index in [0.29, 0.717) is 17.5 Å². The van der Waals surface area contributed by atoms with Crippen molar-refractivity contribution >= 4 is 17.5 Å². The Hall–Kier alpha value is -3.32. The van der Waals surface area contributed by atoms with Crippen molar-refractivity contribution < 1.29 is 13.9 Å². The fourth-order valence-electron chi connectivity index (χ4n) is 3.58. The molecule has 4 rings (SSSR count). The van der Waals surface area contributed by atoms with Crippen molar-refractivity contribution in [3.8, 4) is 5.75 Å². The molecule has 0 unspecified atom stereocenters. The van der Waals surface area contributed by atoms with Gasteiger partial charge in [-0.05, 0) is 43.2 Å². The van der Waals surface area contributed by atoms with Crippen molar-refractivity contribution in [2.75, 3.05) is 12.9 Å². The summed E-state index contributed by atoms with van der Waals surface area (Å²) in [4.78, 5) is 12.9. The van der Waals surface area contributed by atoms with Gasteiger partial charge in [0.15, 0.2) is 5.78 Å². The zero-order chi connectivity index (χ0) is 22.5. The van der Waals surface area contributed by atoms with Gasteiger partial charge in [0.1, 0.15) is 5.75 Å². The molecule has 0 spiro atoms. The minimum absolute atomic E-state index is 0.0531. The second kappa shape index (κ2) is 9.87. The van der Waals surface area contributed by atoms with Gasteiger partial charge in [0.2, 0.25) is 5.89 Å². The average molecular weight is 448 g/mol. The van der Waals surface area contributed by atoms with Crippen molar-refractivity contribution in [1.29, 1.82) is 0 Å². The highest BCUT2D eigenvalue weighted by molar-refractivity contribution is 7.99. The van der Waals surface area contributed by atoms with Crippen molar-refractivity contribution in [2.45, 2.75) is 32.0 Å². The van der Waals surface area contributed by atoms with Gasteiger partial charge in [-0.25, -0.2) is 0 Å². The number of thioether (sulfide) groups is 1. The lowest BCUT2D eigenvalue weighted by atomic mass is 10.1. The Morgan fingerprint density at radius 1 is 1.03 bits per heavy atom. The van der Waals surface area contributed by atoms with Gasteiger partial charge >= 0.3 is 0 Å². The van der Waals surface area contributed by atoms with E-state index in [-0.39, 0.29) is 11.5 Å². The molecule has 0 aliphatic heterocycles. The highest BCUT2D eigenvalue weighted by Crippen LogP contribution is 2.23. The summed E-state index contributed by atoms with van der Waals surface area (Å²) in [5, 5.41) is 8.58. The first-order valence-corrected chi connectivity index (χ1v) is 11.3. The minimum Gasteiger partial charge on any atom is -0.497 e. The van der Waals surface area contributed by atoms with E-state index in [0.717, 1.165) is 34.8 Å². The van der Waals surface area contributed by atoms with E-state index in [4.69, 9.17) is 9.15 Å². The quantitative estimate of drug-likeness (QED) is 0.262. The summed E-state index contributed by atoms with van der Waals surface area (Å²) in [5.74, 6) is 1.63. The predicted octanol–water partition coefficient (Wildman–Crippen LogP) is 5.11. The molecule has 2 aromatic heterocycles. The van der Waals surface area contributed by atoms with E-state index in [1.54, 1.807) is 7.11 Å². The maximum Gasteiger partial charge on any atom is 0.277 e. The van der Waals surface area contributed by atoms with E-state index in [2.05, 4.69) is 26.9 Å². The molecule has 6 nitrogen and oxygen atoms in total. The molecule has 0 saturated carbocycles. The molecule has 7 heteroatoms. The van der Waals surface area contributed by atoms with Crippen LogP contribution in [0.5, 0.6) is 5.75 Å². The largest absolute Gasteiger partial charge is 0.497 e. The van der Waals surface area contributed by atoms with Crippen molar-refractivity contribution in [3.05, 3.63) is 94.6 Å². The summed E-state index contributed by atoms with van der Waals surface area (Å²) in [6.45, 7) is 4.77. The Balaban J connectivity index is 1.37. The molecule has 4 aromatic rings. The number of hydrogen-bond donors (Lipinski definition) is 0. The zero-order valence-corrected chi connectivity index (χ0v) is 19.2. The van der Waals surface area contributed by atoms with Gasteiger partial charge in [0.25, 0.3) is 5.22 Å². The van der Waals surface area contributed by atoms with Crippen LogP contribution in [0.2, 0.25) is 0 Å². The summed E-state index contributed by atoms with van der Waals surface area (Å²) >= 11 is 1.27. The van der Waals surface area contributed by atoms with Crippen molar-refractivity contribution in [2.24, 2.45) is 0 Å². The number of carbonyl (C=O) groups excluding carboxylic acids is 1. The lowest BCUT2D eigenvalue weighted by Gasteiger charge is -2.09. The lowest BCUT2D eigenvalue weighted by Crippen LogP contribution is -2.07. The maximum atomic E-state index is 12.9. The number of carbonyl (C=O) groups is 1. The first-order chi connectivity index (χ1) is 15.5. The molecule has 164 valence electrons. The SMILES string of the molecule is COc1ccc(Cc2nnc(SCC(=O)c3cc(C)n(Cc4ccccc4)c3C)o2)cc1.